The zero-order valence-electron chi connectivity index (χ0n) is 19.5. The van der Waals surface area contributed by atoms with Crippen molar-refractivity contribution in [1.29, 1.82) is 0 Å². The standard InChI is InChI=1S/C26H33N5O3/c32-25(30-34-26-9-3-4-13-33-26)11-10-21-16-28-24(17-27-21)29-22-8-5-12-31(18-22)23-14-19-6-1-2-7-20(19)15-23/h1-2,6-7,10-11,16-17,22-23,26H,3-5,8-9,12-15,18H2,(H,28,29)(H,30,32)/t22-,26?/m1/s1. The Morgan fingerprint density at radius 1 is 1.09 bits per heavy atom. The normalized spacial score (nSPS) is 23.6. The number of rotatable bonds is 7. The van der Waals surface area contributed by atoms with Crippen LogP contribution in [0.5, 0.6) is 0 Å². The first-order valence-corrected chi connectivity index (χ1v) is 12.4. The van der Waals surface area contributed by atoms with E-state index in [9.17, 15) is 4.79 Å². The Morgan fingerprint density at radius 3 is 2.68 bits per heavy atom. The van der Waals surface area contributed by atoms with Crippen molar-refractivity contribution < 1.29 is 14.4 Å². The first kappa shape index (κ1) is 23.0. The van der Waals surface area contributed by atoms with Crippen LogP contribution in [0.2, 0.25) is 0 Å². The third kappa shape index (κ3) is 6.00. The number of carbonyl (C=O) groups excluding carboxylic acids is 1. The number of aromatic nitrogens is 2. The van der Waals surface area contributed by atoms with Crippen molar-refractivity contribution in [3.63, 3.8) is 0 Å². The number of anilines is 1. The van der Waals surface area contributed by atoms with E-state index in [0.29, 0.717) is 24.4 Å². The van der Waals surface area contributed by atoms with Gasteiger partial charge in [-0.25, -0.2) is 15.3 Å². The number of hydrogen-bond acceptors (Lipinski definition) is 7. The summed E-state index contributed by atoms with van der Waals surface area (Å²) in [6, 6.07) is 9.78. The van der Waals surface area contributed by atoms with Crippen molar-refractivity contribution >= 4 is 17.8 Å². The van der Waals surface area contributed by atoms with Crippen LogP contribution in [-0.2, 0) is 27.2 Å². The maximum Gasteiger partial charge on any atom is 0.267 e. The molecule has 3 aliphatic rings. The SMILES string of the molecule is O=C(C=Cc1cnc(N[C@@H]2CCCN(C3Cc4ccccc4C3)C2)cn1)NOC1CCCCO1. The molecular formula is C26H33N5O3. The number of likely N-dealkylation sites (tertiary alicyclic amines) is 1. The second kappa shape index (κ2) is 11.1. The number of ether oxygens (including phenoxy) is 1. The molecule has 8 nitrogen and oxygen atoms in total. The predicted octanol–water partition coefficient (Wildman–Crippen LogP) is 3.11. The molecule has 1 amide bonds. The van der Waals surface area contributed by atoms with Crippen molar-refractivity contribution in [2.24, 2.45) is 0 Å². The molecule has 180 valence electrons. The van der Waals surface area contributed by atoms with E-state index < -0.39 is 0 Å². The van der Waals surface area contributed by atoms with Gasteiger partial charge in [0.1, 0.15) is 5.82 Å². The van der Waals surface area contributed by atoms with Crippen LogP contribution in [0.25, 0.3) is 6.08 Å². The lowest BCUT2D eigenvalue weighted by Crippen LogP contribution is -2.47. The van der Waals surface area contributed by atoms with E-state index in [-0.39, 0.29) is 12.2 Å². The number of nitrogens with zero attached hydrogens (tertiary/aromatic N) is 3. The van der Waals surface area contributed by atoms with Crippen LogP contribution < -0.4 is 10.8 Å². The van der Waals surface area contributed by atoms with Gasteiger partial charge in [-0.15, -0.1) is 0 Å². The summed E-state index contributed by atoms with van der Waals surface area (Å²) >= 11 is 0. The van der Waals surface area contributed by atoms with Gasteiger partial charge in [0.2, 0.25) is 0 Å². The van der Waals surface area contributed by atoms with E-state index in [4.69, 9.17) is 9.57 Å². The van der Waals surface area contributed by atoms with E-state index in [1.165, 1.54) is 23.6 Å². The van der Waals surface area contributed by atoms with Crippen LogP contribution in [0.3, 0.4) is 0 Å². The zero-order chi connectivity index (χ0) is 23.2. The highest BCUT2D eigenvalue weighted by Crippen LogP contribution is 2.28. The maximum absolute atomic E-state index is 12.0. The summed E-state index contributed by atoms with van der Waals surface area (Å²) < 4.78 is 5.42. The minimum absolute atomic E-state index is 0.352. The zero-order valence-corrected chi connectivity index (χ0v) is 19.5. The molecule has 0 saturated carbocycles. The van der Waals surface area contributed by atoms with Crippen molar-refractivity contribution in [3.8, 4) is 0 Å². The molecule has 2 saturated heterocycles. The lowest BCUT2D eigenvalue weighted by atomic mass is 10.0. The molecule has 0 spiro atoms. The summed E-state index contributed by atoms with van der Waals surface area (Å²) in [6.07, 6.45) is 13.5. The van der Waals surface area contributed by atoms with E-state index in [0.717, 1.165) is 57.4 Å². The number of nitrogens with one attached hydrogen (secondary N) is 2. The van der Waals surface area contributed by atoms with Crippen LogP contribution in [0.1, 0.15) is 48.9 Å². The Bertz CT molecular complexity index is 965. The van der Waals surface area contributed by atoms with Crippen molar-refractivity contribution in [2.75, 3.05) is 25.0 Å². The molecule has 2 fully saturated rings. The smallest absolute Gasteiger partial charge is 0.267 e. The molecule has 2 aliphatic heterocycles. The maximum atomic E-state index is 12.0. The Kier molecular flexibility index (Phi) is 7.48. The molecule has 1 aromatic carbocycles. The fourth-order valence-electron chi connectivity index (χ4n) is 5.08. The molecule has 2 N–H and O–H groups in total. The van der Waals surface area contributed by atoms with E-state index in [1.807, 2.05) is 0 Å². The molecule has 1 aliphatic carbocycles. The first-order chi connectivity index (χ1) is 16.7. The minimum Gasteiger partial charge on any atom is -0.365 e. The largest absolute Gasteiger partial charge is 0.365 e. The Hall–Kier alpha value is -2.81. The average Bonchev–Trinajstić information content (AvgIpc) is 3.32. The molecule has 0 radical (unpaired) electrons. The summed E-state index contributed by atoms with van der Waals surface area (Å²) in [5, 5.41) is 3.55. The van der Waals surface area contributed by atoms with Crippen molar-refractivity contribution in [2.45, 2.75) is 63.3 Å². The van der Waals surface area contributed by atoms with Crippen LogP contribution in [0.4, 0.5) is 5.82 Å². The molecular weight excluding hydrogens is 430 g/mol. The van der Waals surface area contributed by atoms with Crippen LogP contribution in [-0.4, -0.2) is 58.8 Å². The average molecular weight is 464 g/mol. The fourth-order valence-corrected chi connectivity index (χ4v) is 5.08. The lowest BCUT2D eigenvalue weighted by molar-refractivity contribution is -0.198. The van der Waals surface area contributed by atoms with E-state index in [2.05, 4.69) is 49.9 Å². The Labute approximate surface area is 200 Å². The van der Waals surface area contributed by atoms with Crippen LogP contribution in [0, 0.1) is 0 Å². The second-order valence-corrected chi connectivity index (χ2v) is 9.35. The van der Waals surface area contributed by atoms with Crippen LogP contribution in [0.15, 0.2) is 42.7 Å². The minimum atomic E-state index is -0.365. The van der Waals surface area contributed by atoms with Gasteiger partial charge < -0.3 is 10.1 Å². The number of amides is 1. The Morgan fingerprint density at radius 2 is 1.94 bits per heavy atom. The van der Waals surface area contributed by atoms with Gasteiger partial charge in [0.05, 0.1) is 18.1 Å². The quantitative estimate of drug-likeness (QED) is 0.482. The Balaban J connectivity index is 1.08. The molecule has 0 bridgehead atoms. The summed E-state index contributed by atoms with van der Waals surface area (Å²) in [4.78, 5) is 28.8. The molecule has 8 heteroatoms. The molecule has 1 aromatic heterocycles. The molecule has 3 heterocycles. The molecule has 5 rings (SSSR count). The van der Waals surface area contributed by atoms with Gasteiger partial charge in [0, 0.05) is 37.7 Å². The van der Waals surface area contributed by atoms with Gasteiger partial charge in [-0.2, -0.15) is 0 Å². The topological polar surface area (TPSA) is 88.6 Å². The lowest BCUT2D eigenvalue weighted by Gasteiger charge is -2.37. The number of fused-ring (bicyclic) bond motifs is 1. The summed E-state index contributed by atoms with van der Waals surface area (Å²) in [5.74, 6) is 0.412. The van der Waals surface area contributed by atoms with Crippen LogP contribution >= 0.6 is 0 Å². The number of hydroxylamine groups is 1. The number of benzene rings is 1. The van der Waals surface area contributed by atoms with E-state index >= 15 is 0 Å². The van der Waals surface area contributed by atoms with Gasteiger partial charge in [-0.05, 0) is 62.3 Å². The van der Waals surface area contributed by atoms with Gasteiger partial charge in [0.15, 0.2) is 6.29 Å². The van der Waals surface area contributed by atoms with Crippen molar-refractivity contribution in [3.05, 3.63) is 59.6 Å². The molecule has 1 unspecified atom stereocenters. The number of hydrogen-bond donors (Lipinski definition) is 2. The van der Waals surface area contributed by atoms with E-state index in [1.54, 1.807) is 18.5 Å². The first-order valence-electron chi connectivity index (χ1n) is 12.4. The summed E-state index contributed by atoms with van der Waals surface area (Å²) in [5.41, 5.74) is 6.02. The van der Waals surface area contributed by atoms with Gasteiger partial charge in [-0.3, -0.25) is 14.7 Å². The second-order valence-electron chi connectivity index (χ2n) is 9.35. The molecule has 34 heavy (non-hydrogen) atoms. The number of carbonyl (C=O) groups is 1. The van der Waals surface area contributed by atoms with Gasteiger partial charge in [0.25, 0.3) is 5.91 Å². The molecule has 2 aromatic rings. The highest BCUT2D eigenvalue weighted by Gasteiger charge is 2.30. The summed E-state index contributed by atoms with van der Waals surface area (Å²) in [6.45, 7) is 2.85. The third-order valence-electron chi connectivity index (χ3n) is 6.86. The van der Waals surface area contributed by atoms with Crippen molar-refractivity contribution in [1.82, 2.24) is 20.3 Å². The summed E-state index contributed by atoms with van der Waals surface area (Å²) in [7, 11) is 0. The fraction of sp³-hybridized carbons (Fsp3) is 0.500. The number of piperidine rings is 1. The highest BCUT2D eigenvalue weighted by atomic mass is 16.8. The third-order valence-corrected chi connectivity index (χ3v) is 6.86. The molecule has 2 atom stereocenters. The van der Waals surface area contributed by atoms with Gasteiger partial charge in [-0.1, -0.05) is 24.3 Å². The predicted molar refractivity (Wildman–Crippen MR) is 130 cm³/mol. The highest BCUT2D eigenvalue weighted by molar-refractivity contribution is 5.90. The van der Waals surface area contributed by atoms with Gasteiger partial charge >= 0.3 is 0 Å². The monoisotopic (exact) mass is 463 g/mol.